The number of hydrogen-bond acceptors (Lipinski definition) is 3. The Balaban J connectivity index is 1.97. The highest BCUT2D eigenvalue weighted by Gasteiger charge is 2.59. The number of hydrogen-bond donors (Lipinski definition) is 0. The molecule has 0 spiro atoms. The Hall–Kier alpha value is -1.65. The fourth-order valence-electron chi connectivity index (χ4n) is 2.88. The third kappa shape index (κ3) is 2.57. The molecule has 0 N–H and O–H groups in total. The van der Waals surface area contributed by atoms with Crippen LogP contribution in [-0.2, 0) is 14.6 Å². The van der Waals surface area contributed by atoms with Crippen LogP contribution in [0.5, 0.6) is 0 Å². The molecule has 0 aliphatic heterocycles. The van der Waals surface area contributed by atoms with Crippen LogP contribution >= 0.6 is 11.6 Å². The van der Waals surface area contributed by atoms with Crippen LogP contribution in [0.25, 0.3) is 0 Å². The van der Waals surface area contributed by atoms with Gasteiger partial charge in [-0.2, -0.15) is 0 Å². The number of carbonyl (C=O) groups excluding carboxylic acids is 1. The molecule has 0 bridgehead atoms. The summed E-state index contributed by atoms with van der Waals surface area (Å²) in [5.74, 6) is -0.827. The molecule has 1 aliphatic carbocycles. The second kappa shape index (κ2) is 5.52. The lowest BCUT2D eigenvalue weighted by Crippen LogP contribution is -2.11. The predicted octanol–water partition coefficient (Wildman–Crippen LogP) is 3.40. The SMILES string of the molecule is Cc1ccc(S(=O)(=O)[C@@H]2[C@H](C=O)[C@H]2c2cccc(Cl)c2)cc1. The van der Waals surface area contributed by atoms with E-state index < -0.39 is 21.0 Å². The maximum Gasteiger partial charge on any atom is 0.182 e. The fraction of sp³-hybridized carbons (Fsp3) is 0.235. The van der Waals surface area contributed by atoms with Gasteiger partial charge in [-0.15, -0.1) is 0 Å². The number of sulfone groups is 1. The van der Waals surface area contributed by atoms with E-state index in [1.807, 2.05) is 13.0 Å². The van der Waals surface area contributed by atoms with Crippen LogP contribution in [0, 0.1) is 12.8 Å². The third-order valence-corrected chi connectivity index (χ3v) is 6.59. The minimum Gasteiger partial charge on any atom is -0.303 e. The Labute approximate surface area is 134 Å². The molecule has 3 rings (SSSR count). The Kier molecular flexibility index (Phi) is 3.83. The third-order valence-electron chi connectivity index (χ3n) is 4.11. The van der Waals surface area contributed by atoms with Crippen LogP contribution in [0.4, 0.5) is 0 Å². The van der Waals surface area contributed by atoms with Crippen molar-refractivity contribution >= 4 is 27.7 Å². The van der Waals surface area contributed by atoms with E-state index in [1.165, 1.54) is 0 Å². The maximum atomic E-state index is 12.8. The average Bonchev–Trinajstić information content (AvgIpc) is 3.23. The van der Waals surface area contributed by atoms with Crippen molar-refractivity contribution in [2.45, 2.75) is 23.0 Å². The first-order valence-electron chi connectivity index (χ1n) is 6.96. The molecule has 114 valence electrons. The first kappa shape index (κ1) is 15.3. The summed E-state index contributed by atoms with van der Waals surface area (Å²) in [7, 11) is -3.53. The molecule has 1 fully saturated rings. The molecule has 0 unspecified atom stereocenters. The zero-order valence-corrected chi connectivity index (χ0v) is 13.5. The highest BCUT2D eigenvalue weighted by molar-refractivity contribution is 7.92. The van der Waals surface area contributed by atoms with E-state index in [1.54, 1.807) is 42.5 Å². The summed E-state index contributed by atoms with van der Waals surface area (Å²) in [5, 5.41) is -0.160. The number of carbonyl (C=O) groups is 1. The number of rotatable bonds is 4. The highest BCUT2D eigenvalue weighted by atomic mass is 35.5. The molecule has 0 radical (unpaired) electrons. The molecule has 1 aliphatic rings. The lowest BCUT2D eigenvalue weighted by atomic mass is 10.1. The minimum atomic E-state index is -3.53. The zero-order valence-electron chi connectivity index (χ0n) is 11.9. The molecule has 2 aromatic carbocycles. The molecule has 2 aromatic rings. The van der Waals surface area contributed by atoms with E-state index in [2.05, 4.69) is 0 Å². The van der Waals surface area contributed by atoms with E-state index in [9.17, 15) is 13.2 Å². The van der Waals surface area contributed by atoms with Crippen molar-refractivity contribution in [2.75, 3.05) is 0 Å². The van der Waals surface area contributed by atoms with Crippen LogP contribution in [-0.4, -0.2) is 20.0 Å². The molecule has 0 heterocycles. The number of benzene rings is 2. The summed E-state index contributed by atoms with van der Waals surface area (Å²) in [6.45, 7) is 1.90. The molecule has 3 atom stereocenters. The van der Waals surface area contributed by atoms with Crippen LogP contribution in [0.3, 0.4) is 0 Å². The van der Waals surface area contributed by atoms with Crippen LogP contribution < -0.4 is 0 Å². The van der Waals surface area contributed by atoms with E-state index in [0.717, 1.165) is 17.4 Å². The van der Waals surface area contributed by atoms with Crippen LogP contribution in [0.1, 0.15) is 17.0 Å². The van der Waals surface area contributed by atoms with Gasteiger partial charge in [0.1, 0.15) is 6.29 Å². The van der Waals surface area contributed by atoms with Crippen molar-refractivity contribution in [3.8, 4) is 0 Å². The van der Waals surface area contributed by atoms with Crippen molar-refractivity contribution in [3.05, 3.63) is 64.7 Å². The minimum absolute atomic E-state index is 0.263. The average molecular weight is 335 g/mol. The molecule has 0 aromatic heterocycles. The summed E-state index contributed by atoms with van der Waals surface area (Å²) >= 11 is 5.97. The van der Waals surface area contributed by atoms with Gasteiger partial charge in [0.2, 0.25) is 0 Å². The summed E-state index contributed by atoms with van der Waals surface area (Å²) < 4.78 is 25.5. The number of halogens is 1. The monoisotopic (exact) mass is 334 g/mol. The van der Waals surface area contributed by atoms with Gasteiger partial charge < -0.3 is 4.79 Å². The van der Waals surface area contributed by atoms with Gasteiger partial charge in [0.25, 0.3) is 0 Å². The predicted molar refractivity (Wildman–Crippen MR) is 85.9 cm³/mol. The van der Waals surface area contributed by atoms with E-state index >= 15 is 0 Å². The molecule has 22 heavy (non-hydrogen) atoms. The van der Waals surface area contributed by atoms with Gasteiger partial charge in [0.05, 0.1) is 10.1 Å². The summed E-state index contributed by atoms with van der Waals surface area (Å²) in [6, 6.07) is 13.8. The molecular weight excluding hydrogens is 320 g/mol. The summed E-state index contributed by atoms with van der Waals surface area (Å²) in [4.78, 5) is 11.5. The standard InChI is InChI=1S/C17H15ClO3S/c1-11-5-7-14(8-6-11)22(20,21)17-15(10-19)16(17)12-3-2-4-13(18)9-12/h2-10,15-17H,1H3/t15-,16-,17-/m1/s1. The molecule has 1 saturated carbocycles. The topological polar surface area (TPSA) is 51.2 Å². The fourth-order valence-corrected chi connectivity index (χ4v) is 5.19. The van der Waals surface area contributed by atoms with E-state index in [4.69, 9.17) is 11.6 Å². The van der Waals surface area contributed by atoms with Gasteiger partial charge in [0.15, 0.2) is 9.84 Å². The van der Waals surface area contributed by atoms with Gasteiger partial charge >= 0.3 is 0 Å². The highest BCUT2D eigenvalue weighted by Crippen LogP contribution is 2.53. The van der Waals surface area contributed by atoms with E-state index in [0.29, 0.717) is 5.02 Å². The second-order valence-electron chi connectivity index (χ2n) is 5.62. The largest absolute Gasteiger partial charge is 0.303 e. The van der Waals surface area contributed by atoms with Gasteiger partial charge in [0, 0.05) is 16.9 Å². The molecular formula is C17H15ClO3S. The van der Waals surface area contributed by atoms with Crippen molar-refractivity contribution in [1.29, 1.82) is 0 Å². The van der Waals surface area contributed by atoms with Crippen molar-refractivity contribution < 1.29 is 13.2 Å². The van der Waals surface area contributed by atoms with Crippen molar-refractivity contribution in [2.24, 2.45) is 5.92 Å². The lowest BCUT2D eigenvalue weighted by molar-refractivity contribution is -0.108. The maximum absolute atomic E-state index is 12.8. The van der Waals surface area contributed by atoms with Crippen molar-refractivity contribution in [1.82, 2.24) is 0 Å². The first-order valence-corrected chi connectivity index (χ1v) is 8.89. The van der Waals surface area contributed by atoms with Crippen LogP contribution in [0.2, 0.25) is 5.02 Å². The molecule has 0 saturated heterocycles. The second-order valence-corrected chi connectivity index (χ2v) is 8.16. The lowest BCUT2D eigenvalue weighted by Gasteiger charge is -2.05. The molecule has 5 heteroatoms. The summed E-state index contributed by atoms with van der Waals surface area (Å²) in [5.41, 5.74) is 1.79. The van der Waals surface area contributed by atoms with E-state index in [-0.39, 0.29) is 10.8 Å². The number of aryl methyl sites for hydroxylation is 1. The Morgan fingerprint density at radius 1 is 1.09 bits per heavy atom. The quantitative estimate of drug-likeness (QED) is 0.805. The van der Waals surface area contributed by atoms with Crippen LogP contribution in [0.15, 0.2) is 53.4 Å². The van der Waals surface area contributed by atoms with Gasteiger partial charge in [-0.3, -0.25) is 0 Å². The Morgan fingerprint density at radius 2 is 1.77 bits per heavy atom. The van der Waals surface area contributed by atoms with Crippen molar-refractivity contribution in [3.63, 3.8) is 0 Å². The summed E-state index contributed by atoms with van der Waals surface area (Å²) in [6.07, 6.45) is 0.738. The normalized spacial score (nSPS) is 24.0. The smallest absolute Gasteiger partial charge is 0.182 e. The first-order chi connectivity index (χ1) is 10.4. The van der Waals surface area contributed by atoms with Gasteiger partial charge in [-0.1, -0.05) is 41.4 Å². The zero-order chi connectivity index (χ0) is 15.9. The van der Waals surface area contributed by atoms with Gasteiger partial charge in [-0.25, -0.2) is 8.42 Å². The Morgan fingerprint density at radius 3 is 2.36 bits per heavy atom. The molecule has 0 amide bonds. The van der Waals surface area contributed by atoms with Gasteiger partial charge in [-0.05, 0) is 36.8 Å². The molecule has 3 nitrogen and oxygen atoms in total. The number of aldehydes is 1. The Bertz CT molecular complexity index is 812.